The molecule has 0 aromatic rings. The maximum atomic E-state index is 12.4. The highest BCUT2D eigenvalue weighted by Gasteiger charge is 2.31. The second-order valence-electron chi connectivity index (χ2n) is 11.5. The van der Waals surface area contributed by atoms with Gasteiger partial charge in [-0.2, -0.15) is 0 Å². The standard InChI is InChI=1S/C27H55N2O5P/c1-5-6-7-8-9-10-11-12-13-14-15-16-17-21-27(30)28-25-19-18-20-26(24-25)34-35(31,32)33-23-22-29(2,3)4/h25-26H,5-24H2,1-4H3,(H-,28,30,31,32)/p+1. The number of phosphoric acid groups is 1. The number of rotatable bonds is 21. The number of quaternary nitrogens is 1. The van der Waals surface area contributed by atoms with Gasteiger partial charge in [-0.3, -0.25) is 13.8 Å². The Kier molecular flexibility index (Phi) is 17.4. The lowest BCUT2D eigenvalue weighted by molar-refractivity contribution is -0.870. The van der Waals surface area contributed by atoms with E-state index in [9.17, 15) is 14.3 Å². The van der Waals surface area contributed by atoms with E-state index in [1.165, 1.54) is 70.6 Å². The zero-order chi connectivity index (χ0) is 26.0. The summed E-state index contributed by atoms with van der Waals surface area (Å²) in [5.74, 6) is 0.0881. The van der Waals surface area contributed by atoms with Crippen molar-refractivity contribution in [1.29, 1.82) is 0 Å². The van der Waals surface area contributed by atoms with Crippen molar-refractivity contribution in [3.63, 3.8) is 0 Å². The number of carbonyl (C=O) groups excluding carboxylic acids is 1. The van der Waals surface area contributed by atoms with E-state index in [2.05, 4.69) is 12.2 Å². The Hall–Kier alpha value is -0.460. The summed E-state index contributed by atoms with van der Waals surface area (Å²) in [4.78, 5) is 22.4. The molecule has 0 saturated heterocycles. The first kappa shape index (κ1) is 32.6. The lowest BCUT2D eigenvalue weighted by atomic mass is 9.93. The minimum absolute atomic E-state index is 0.00876. The minimum atomic E-state index is -4.07. The van der Waals surface area contributed by atoms with Crippen LogP contribution in [0.3, 0.4) is 0 Å². The van der Waals surface area contributed by atoms with Crippen molar-refractivity contribution in [3.05, 3.63) is 0 Å². The van der Waals surface area contributed by atoms with Crippen molar-refractivity contribution in [2.75, 3.05) is 34.3 Å². The van der Waals surface area contributed by atoms with Crippen molar-refractivity contribution < 1.29 is 27.8 Å². The van der Waals surface area contributed by atoms with E-state index in [1.54, 1.807) is 0 Å². The molecule has 3 atom stereocenters. The number of unbranched alkanes of at least 4 members (excludes halogenated alkanes) is 12. The third kappa shape index (κ3) is 19.3. The average Bonchev–Trinajstić information content (AvgIpc) is 2.75. The SMILES string of the molecule is CCCCCCCCCCCCCCCC(=O)NC1CCCC(OP(=O)(O)OCC[N+](C)(C)C)C1. The van der Waals surface area contributed by atoms with Gasteiger partial charge < -0.3 is 14.7 Å². The number of likely N-dealkylation sites (N-methyl/N-ethyl adjacent to an activating group) is 1. The molecule has 0 bridgehead atoms. The number of amides is 1. The maximum absolute atomic E-state index is 12.4. The molecule has 0 aliphatic heterocycles. The van der Waals surface area contributed by atoms with Crippen LogP contribution in [0.4, 0.5) is 0 Å². The van der Waals surface area contributed by atoms with Crippen molar-refractivity contribution >= 4 is 13.7 Å². The van der Waals surface area contributed by atoms with Gasteiger partial charge in [0.2, 0.25) is 5.91 Å². The van der Waals surface area contributed by atoms with Gasteiger partial charge in [0.1, 0.15) is 13.2 Å². The molecule has 0 heterocycles. The van der Waals surface area contributed by atoms with Crippen LogP contribution >= 0.6 is 7.82 Å². The second kappa shape index (κ2) is 18.7. The topological polar surface area (TPSA) is 84.9 Å². The summed E-state index contributed by atoms with van der Waals surface area (Å²) in [7, 11) is 1.92. The Morgan fingerprint density at radius 2 is 1.46 bits per heavy atom. The minimum Gasteiger partial charge on any atom is -0.353 e. The molecule has 1 aliphatic rings. The van der Waals surface area contributed by atoms with Gasteiger partial charge in [-0.15, -0.1) is 0 Å². The van der Waals surface area contributed by atoms with Gasteiger partial charge >= 0.3 is 7.82 Å². The number of carbonyl (C=O) groups is 1. The third-order valence-corrected chi connectivity index (χ3v) is 7.87. The van der Waals surface area contributed by atoms with Crippen LogP contribution in [0.15, 0.2) is 0 Å². The van der Waals surface area contributed by atoms with Crippen LogP contribution in [-0.4, -0.2) is 61.7 Å². The van der Waals surface area contributed by atoms with E-state index in [1.807, 2.05) is 21.1 Å². The van der Waals surface area contributed by atoms with Gasteiger partial charge in [-0.05, 0) is 32.1 Å². The van der Waals surface area contributed by atoms with Crippen LogP contribution in [0.2, 0.25) is 0 Å². The maximum Gasteiger partial charge on any atom is 0.472 e. The molecule has 0 aromatic carbocycles. The summed E-state index contributed by atoms with van der Waals surface area (Å²) in [6, 6.07) is 0.00876. The van der Waals surface area contributed by atoms with E-state index >= 15 is 0 Å². The first-order valence-corrected chi connectivity index (χ1v) is 15.9. The Labute approximate surface area is 215 Å². The number of phosphoric ester groups is 1. The van der Waals surface area contributed by atoms with E-state index in [0.29, 0.717) is 30.3 Å². The fourth-order valence-electron chi connectivity index (χ4n) is 4.62. The normalized spacial score (nSPS) is 20.5. The van der Waals surface area contributed by atoms with Gasteiger partial charge in [-0.1, -0.05) is 84.0 Å². The summed E-state index contributed by atoms with van der Waals surface area (Å²) in [5, 5.41) is 3.11. The molecule has 0 radical (unpaired) electrons. The zero-order valence-electron chi connectivity index (χ0n) is 23.3. The van der Waals surface area contributed by atoms with Crippen LogP contribution < -0.4 is 5.32 Å². The summed E-state index contributed by atoms with van der Waals surface area (Å²) in [6.07, 6.45) is 20.1. The van der Waals surface area contributed by atoms with Crippen molar-refractivity contribution in [3.8, 4) is 0 Å². The number of hydrogen-bond donors (Lipinski definition) is 2. The largest absolute Gasteiger partial charge is 0.472 e. The number of nitrogens with one attached hydrogen (secondary N) is 1. The second-order valence-corrected chi connectivity index (χ2v) is 12.9. The molecule has 1 amide bonds. The summed E-state index contributed by atoms with van der Waals surface area (Å²) < 4.78 is 23.5. The summed E-state index contributed by atoms with van der Waals surface area (Å²) >= 11 is 0. The predicted molar refractivity (Wildman–Crippen MR) is 144 cm³/mol. The van der Waals surface area contributed by atoms with Crippen LogP contribution in [0, 0.1) is 0 Å². The van der Waals surface area contributed by atoms with Gasteiger partial charge in [0.25, 0.3) is 0 Å². The Morgan fingerprint density at radius 3 is 2.00 bits per heavy atom. The highest BCUT2D eigenvalue weighted by molar-refractivity contribution is 7.47. The van der Waals surface area contributed by atoms with Crippen LogP contribution in [0.5, 0.6) is 0 Å². The van der Waals surface area contributed by atoms with Crippen LogP contribution in [-0.2, 0) is 18.4 Å². The average molecular weight is 520 g/mol. The molecule has 208 valence electrons. The lowest BCUT2D eigenvalue weighted by Crippen LogP contribution is -2.40. The molecule has 1 aliphatic carbocycles. The summed E-state index contributed by atoms with van der Waals surface area (Å²) in [5.41, 5.74) is 0. The molecular formula is C27H56N2O5P+. The number of hydrogen-bond acceptors (Lipinski definition) is 4. The fraction of sp³-hybridized carbons (Fsp3) is 0.963. The zero-order valence-corrected chi connectivity index (χ0v) is 24.2. The van der Waals surface area contributed by atoms with Crippen LogP contribution in [0.1, 0.15) is 122 Å². The van der Waals surface area contributed by atoms with Gasteiger partial charge in [0.15, 0.2) is 0 Å². The summed E-state index contributed by atoms with van der Waals surface area (Å²) in [6.45, 7) is 3.05. The molecule has 3 unspecified atom stereocenters. The van der Waals surface area contributed by atoms with Gasteiger partial charge in [0.05, 0.1) is 27.2 Å². The fourth-order valence-corrected chi connectivity index (χ4v) is 5.57. The Morgan fingerprint density at radius 1 is 0.914 bits per heavy atom. The number of nitrogens with zero attached hydrogens (tertiary/aromatic N) is 1. The Bertz CT molecular complexity index is 597. The Balaban J connectivity index is 2.06. The van der Waals surface area contributed by atoms with E-state index in [0.717, 1.165) is 25.7 Å². The molecular weight excluding hydrogens is 463 g/mol. The predicted octanol–water partition coefficient (Wildman–Crippen LogP) is 6.73. The third-order valence-electron chi connectivity index (χ3n) is 6.80. The highest BCUT2D eigenvalue weighted by Crippen LogP contribution is 2.46. The molecule has 8 heteroatoms. The van der Waals surface area contributed by atoms with E-state index < -0.39 is 7.82 Å². The van der Waals surface area contributed by atoms with Crippen molar-refractivity contribution in [2.24, 2.45) is 0 Å². The van der Waals surface area contributed by atoms with Crippen molar-refractivity contribution in [1.82, 2.24) is 5.32 Å². The molecule has 2 N–H and O–H groups in total. The molecule has 1 saturated carbocycles. The molecule has 35 heavy (non-hydrogen) atoms. The molecule has 0 aromatic heterocycles. The quantitative estimate of drug-likeness (QED) is 0.0997. The molecule has 1 fully saturated rings. The first-order chi connectivity index (χ1) is 16.6. The highest BCUT2D eigenvalue weighted by atomic mass is 31.2. The smallest absolute Gasteiger partial charge is 0.353 e. The lowest BCUT2D eigenvalue weighted by Gasteiger charge is -2.30. The van der Waals surface area contributed by atoms with E-state index in [4.69, 9.17) is 9.05 Å². The van der Waals surface area contributed by atoms with Crippen molar-refractivity contribution in [2.45, 2.75) is 135 Å². The van der Waals surface area contributed by atoms with Gasteiger partial charge in [0, 0.05) is 12.5 Å². The van der Waals surface area contributed by atoms with Crippen LogP contribution in [0.25, 0.3) is 0 Å². The molecule has 7 nitrogen and oxygen atoms in total. The van der Waals surface area contributed by atoms with Gasteiger partial charge in [-0.25, -0.2) is 4.57 Å². The molecule has 0 spiro atoms. The first-order valence-electron chi connectivity index (χ1n) is 14.4. The monoisotopic (exact) mass is 519 g/mol. The molecule has 1 rings (SSSR count). The van der Waals surface area contributed by atoms with E-state index in [-0.39, 0.29) is 24.7 Å².